The lowest BCUT2D eigenvalue weighted by Crippen LogP contribution is -2.42. The zero-order valence-corrected chi connectivity index (χ0v) is 19.1. The molecular weight excluding hydrogens is 430 g/mol. The zero-order valence-electron chi connectivity index (χ0n) is 18.3. The van der Waals surface area contributed by atoms with E-state index in [1.54, 1.807) is 18.2 Å². The van der Waals surface area contributed by atoms with E-state index in [0.717, 1.165) is 37.9 Å². The van der Waals surface area contributed by atoms with Crippen LogP contribution in [0.4, 0.5) is 0 Å². The van der Waals surface area contributed by atoms with Crippen LogP contribution in [0.3, 0.4) is 0 Å². The lowest BCUT2D eigenvalue weighted by atomic mass is 9.97. The highest BCUT2D eigenvalue weighted by molar-refractivity contribution is 6.31. The Bertz CT molecular complexity index is 937. The van der Waals surface area contributed by atoms with Crippen LogP contribution in [0.1, 0.15) is 35.2 Å². The Morgan fingerprint density at radius 3 is 2.78 bits per heavy atom. The van der Waals surface area contributed by atoms with Crippen LogP contribution in [-0.2, 0) is 11.4 Å². The van der Waals surface area contributed by atoms with Gasteiger partial charge in [-0.15, -0.1) is 0 Å². The maximum atomic E-state index is 12.5. The molecule has 0 radical (unpaired) electrons. The highest BCUT2D eigenvalue weighted by Gasteiger charge is 2.23. The van der Waals surface area contributed by atoms with Crippen LogP contribution in [0, 0.1) is 5.92 Å². The van der Waals surface area contributed by atoms with Crippen molar-refractivity contribution in [2.45, 2.75) is 25.9 Å². The molecule has 1 heterocycles. The molecule has 1 atom stereocenters. The van der Waals surface area contributed by atoms with Crippen molar-refractivity contribution in [3.05, 3.63) is 58.6 Å². The van der Waals surface area contributed by atoms with Crippen molar-refractivity contribution in [1.29, 1.82) is 0 Å². The second-order valence-corrected chi connectivity index (χ2v) is 8.30. The first kappa shape index (κ1) is 23.9. The smallest absolute Gasteiger partial charge is 0.251 e. The van der Waals surface area contributed by atoms with Crippen molar-refractivity contribution >= 4 is 23.4 Å². The Kier molecular flexibility index (Phi) is 8.76. The molecule has 8 heteroatoms. The molecular formula is C24H30ClN3O4. The van der Waals surface area contributed by atoms with Gasteiger partial charge in [0.15, 0.2) is 11.5 Å². The minimum atomic E-state index is -0.226. The Morgan fingerprint density at radius 2 is 2.03 bits per heavy atom. The van der Waals surface area contributed by atoms with Crippen molar-refractivity contribution in [2.75, 3.05) is 33.3 Å². The molecule has 3 rings (SSSR count). The van der Waals surface area contributed by atoms with Gasteiger partial charge in [0.2, 0.25) is 5.91 Å². The molecule has 0 aromatic heterocycles. The van der Waals surface area contributed by atoms with Gasteiger partial charge in [0.1, 0.15) is 6.61 Å². The number of halogens is 1. The SMILES string of the molecule is COc1cc(C(=O)NCCCN2CCCC(C(N)=O)C2)ccc1OCc1ccccc1Cl. The summed E-state index contributed by atoms with van der Waals surface area (Å²) in [4.78, 5) is 26.2. The summed E-state index contributed by atoms with van der Waals surface area (Å²) in [6.45, 7) is 3.33. The first-order valence-corrected chi connectivity index (χ1v) is 11.2. The van der Waals surface area contributed by atoms with E-state index < -0.39 is 0 Å². The molecule has 2 amide bonds. The van der Waals surface area contributed by atoms with Crippen molar-refractivity contribution in [3.8, 4) is 11.5 Å². The first-order valence-electron chi connectivity index (χ1n) is 10.8. The molecule has 0 saturated carbocycles. The van der Waals surface area contributed by atoms with E-state index >= 15 is 0 Å². The highest BCUT2D eigenvalue weighted by Crippen LogP contribution is 2.29. The summed E-state index contributed by atoms with van der Waals surface area (Å²) in [6.07, 6.45) is 2.64. The van der Waals surface area contributed by atoms with E-state index in [9.17, 15) is 9.59 Å². The number of hydrogen-bond acceptors (Lipinski definition) is 5. The van der Waals surface area contributed by atoms with Crippen LogP contribution in [0.15, 0.2) is 42.5 Å². The Morgan fingerprint density at radius 1 is 1.22 bits per heavy atom. The van der Waals surface area contributed by atoms with Gasteiger partial charge in [-0.1, -0.05) is 29.8 Å². The van der Waals surface area contributed by atoms with Gasteiger partial charge in [0.25, 0.3) is 5.91 Å². The average molecular weight is 460 g/mol. The summed E-state index contributed by atoms with van der Waals surface area (Å²) < 4.78 is 11.2. The standard InChI is InChI=1S/C24H30ClN3O4/c1-31-22-14-17(9-10-21(22)32-16-19-6-2-3-8-20(19)25)24(30)27-11-5-13-28-12-4-7-18(15-28)23(26)29/h2-3,6,8-10,14,18H,4-5,7,11-13,15-16H2,1H3,(H2,26,29)(H,27,30). The number of nitrogens with one attached hydrogen (secondary N) is 1. The summed E-state index contributed by atoms with van der Waals surface area (Å²) in [5, 5.41) is 3.57. The second-order valence-electron chi connectivity index (χ2n) is 7.90. The average Bonchev–Trinajstić information content (AvgIpc) is 2.81. The molecule has 3 N–H and O–H groups in total. The highest BCUT2D eigenvalue weighted by atomic mass is 35.5. The normalized spacial score (nSPS) is 16.4. The van der Waals surface area contributed by atoms with Crippen LogP contribution in [-0.4, -0.2) is 50.0 Å². The topological polar surface area (TPSA) is 93.9 Å². The summed E-state index contributed by atoms with van der Waals surface area (Å²) in [7, 11) is 1.54. The number of carbonyl (C=O) groups is 2. The van der Waals surface area contributed by atoms with Crippen LogP contribution in [0.25, 0.3) is 0 Å². The molecule has 2 aromatic rings. The fraction of sp³-hybridized carbons (Fsp3) is 0.417. The van der Waals surface area contributed by atoms with E-state index in [0.29, 0.717) is 41.8 Å². The number of hydrogen-bond donors (Lipinski definition) is 2. The summed E-state index contributed by atoms with van der Waals surface area (Å²) in [5.41, 5.74) is 6.80. The number of ether oxygens (including phenoxy) is 2. The van der Waals surface area contributed by atoms with E-state index in [2.05, 4.69) is 10.2 Å². The van der Waals surface area contributed by atoms with Crippen molar-refractivity contribution in [3.63, 3.8) is 0 Å². The molecule has 1 saturated heterocycles. The number of nitrogens with two attached hydrogens (primary N) is 1. The first-order chi connectivity index (χ1) is 15.5. The molecule has 2 aromatic carbocycles. The minimum absolute atomic E-state index is 0.0653. The predicted octanol–water partition coefficient (Wildman–Crippen LogP) is 3.24. The van der Waals surface area contributed by atoms with Gasteiger partial charge in [-0.25, -0.2) is 0 Å². The molecule has 1 aliphatic heterocycles. The number of benzene rings is 2. The second kappa shape index (κ2) is 11.7. The van der Waals surface area contributed by atoms with Crippen LogP contribution in [0.5, 0.6) is 11.5 Å². The van der Waals surface area contributed by atoms with Gasteiger partial charge < -0.3 is 25.4 Å². The number of primary amides is 1. The lowest BCUT2D eigenvalue weighted by Gasteiger charge is -2.31. The molecule has 0 bridgehead atoms. The Balaban J connectivity index is 1.48. The number of carbonyl (C=O) groups excluding carboxylic acids is 2. The number of rotatable bonds is 10. The van der Waals surface area contributed by atoms with Crippen molar-refractivity contribution in [2.24, 2.45) is 11.7 Å². The monoisotopic (exact) mass is 459 g/mol. The lowest BCUT2D eigenvalue weighted by molar-refractivity contribution is -0.123. The van der Waals surface area contributed by atoms with E-state index in [-0.39, 0.29) is 17.7 Å². The maximum Gasteiger partial charge on any atom is 0.251 e. The van der Waals surface area contributed by atoms with Crippen LogP contribution < -0.4 is 20.5 Å². The van der Waals surface area contributed by atoms with Crippen molar-refractivity contribution < 1.29 is 19.1 Å². The van der Waals surface area contributed by atoms with Crippen molar-refractivity contribution in [1.82, 2.24) is 10.2 Å². The van der Waals surface area contributed by atoms with E-state index in [1.807, 2.05) is 24.3 Å². The van der Waals surface area contributed by atoms with E-state index in [4.69, 9.17) is 26.8 Å². The third kappa shape index (κ3) is 6.61. The van der Waals surface area contributed by atoms with Gasteiger partial charge >= 0.3 is 0 Å². The molecule has 1 aliphatic rings. The number of nitrogens with zero attached hydrogens (tertiary/aromatic N) is 1. The number of piperidine rings is 1. The zero-order chi connectivity index (χ0) is 22.9. The van der Waals surface area contributed by atoms with E-state index in [1.165, 1.54) is 7.11 Å². The quantitative estimate of drug-likeness (QED) is 0.532. The molecule has 0 aliphatic carbocycles. The van der Waals surface area contributed by atoms with Gasteiger partial charge in [0, 0.05) is 29.2 Å². The van der Waals surface area contributed by atoms with Gasteiger partial charge in [-0.05, 0) is 56.6 Å². The van der Waals surface area contributed by atoms with Crippen LogP contribution >= 0.6 is 11.6 Å². The van der Waals surface area contributed by atoms with Gasteiger partial charge in [-0.2, -0.15) is 0 Å². The largest absolute Gasteiger partial charge is 0.493 e. The molecule has 1 fully saturated rings. The number of methoxy groups -OCH3 is 1. The Labute approximate surface area is 193 Å². The third-order valence-electron chi connectivity index (χ3n) is 5.61. The fourth-order valence-corrected chi connectivity index (χ4v) is 3.99. The minimum Gasteiger partial charge on any atom is -0.493 e. The number of likely N-dealkylation sites (tertiary alicyclic amines) is 1. The molecule has 1 unspecified atom stereocenters. The molecule has 0 spiro atoms. The maximum absolute atomic E-state index is 12.5. The molecule has 32 heavy (non-hydrogen) atoms. The fourth-order valence-electron chi connectivity index (χ4n) is 3.80. The summed E-state index contributed by atoms with van der Waals surface area (Å²) >= 11 is 6.17. The Hall–Kier alpha value is -2.77. The summed E-state index contributed by atoms with van der Waals surface area (Å²) in [6, 6.07) is 12.6. The predicted molar refractivity (Wildman–Crippen MR) is 124 cm³/mol. The van der Waals surface area contributed by atoms with Gasteiger partial charge in [-0.3, -0.25) is 9.59 Å². The molecule has 7 nitrogen and oxygen atoms in total. The summed E-state index contributed by atoms with van der Waals surface area (Å²) in [5.74, 6) is 0.559. The van der Waals surface area contributed by atoms with Crippen LogP contribution in [0.2, 0.25) is 5.02 Å². The van der Waals surface area contributed by atoms with Gasteiger partial charge in [0.05, 0.1) is 13.0 Å². The third-order valence-corrected chi connectivity index (χ3v) is 5.98. The number of amides is 2. The molecule has 172 valence electrons.